The summed E-state index contributed by atoms with van der Waals surface area (Å²) < 4.78 is 4.65. The van der Waals surface area contributed by atoms with Gasteiger partial charge in [-0.25, -0.2) is 9.59 Å². The van der Waals surface area contributed by atoms with E-state index in [1.54, 1.807) is 17.8 Å². The number of carbonyl (C=O) groups is 2. The molecule has 0 aromatic heterocycles. The number of urea groups is 1. The first-order chi connectivity index (χ1) is 15.0. The monoisotopic (exact) mass is 449 g/mol. The Labute approximate surface area is 192 Å². The maximum Gasteiger partial charge on any atom is 0.330 e. The molecule has 1 aromatic carbocycles. The molecule has 0 heterocycles. The average Bonchev–Trinajstić information content (AvgIpc) is 2.78. The van der Waals surface area contributed by atoms with E-state index < -0.39 is 5.97 Å². The number of anilines is 1. The summed E-state index contributed by atoms with van der Waals surface area (Å²) in [6, 6.07) is 5.62. The topological polar surface area (TPSA) is 70.7 Å². The maximum atomic E-state index is 12.4. The van der Waals surface area contributed by atoms with Gasteiger partial charge in [0, 0.05) is 29.8 Å². The number of hydrogen-bond acceptors (Lipinski definition) is 5. The van der Waals surface area contributed by atoms with Crippen molar-refractivity contribution in [3.63, 3.8) is 0 Å². The molecule has 174 valence electrons. The first-order valence-corrected chi connectivity index (χ1v) is 12.3. The third-order valence-electron chi connectivity index (χ3n) is 4.99. The Morgan fingerprint density at radius 3 is 2.52 bits per heavy atom. The molecule has 6 nitrogen and oxygen atoms in total. The molecule has 0 spiro atoms. The molecule has 0 aliphatic carbocycles. The molecule has 0 radical (unpaired) electrons. The fraction of sp³-hybridized carbons (Fsp3) is 0.583. The van der Waals surface area contributed by atoms with Gasteiger partial charge in [-0.3, -0.25) is 0 Å². The maximum absolute atomic E-state index is 12.4. The van der Waals surface area contributed by atoms with E-state index in [0.29, 0.717) is 6.54 Å². The molecule has 0 fully saturated rings. The molecule has 31 heavy (non-hydrogen) atoms. The van der Waals surface area contributed by atoms with E-state index >= 15 is 0 Å². The van der Waals surface area contributed by atoms with E-state index in [1.165, 1.54) is 32.4 Å². The Bertz CT molecular complexity index is 691. The zero-order chi connectivity index (χ0) is 22.9. The fourth-order valence-corrected chi connectivity index (χ4v) is 4.03. The average molecular weight is 450 g/mol. The molecule has 0 saturated heterocycles. The third kappa shape index (κ3) is 11.8. The molecule has 1 rings (SSSR count). The number of unbranched alkanes of at least 4 members (excludes halogenated alkanes) is 4. The minimum Gasteiger partial charge on any atom is -0.466 e. The number of hydrogen-bond donors (Lipinski definition) is 2. The van der Waals surface area contributed by atoms with Crippen LogP contribution in [0.5, 0.6) is 0 Å². The normalized spacial score (nSPS) is 11.1. The molecule has 0 aliphatic rings. The number of thioether (sulfide) groups is 1. The smallest absolute Gasteiger partial charge is 0.330 e. The summed E-state index contributed by atoms with van der Waals surface area (Å²) in [6.45, 7) is 10.2. The van der Waals surface area contributed by atoms with E-state index in [1.807, 2.05) is 18.2 Å². The van der Waals surface area contributed by atoms with Crippen LogP contribution >= 0.6 is 11.8 Å². The van der Waals surface area contributed by atoms with Gasteiger partial charge in [-0.2, -0.15) is 0 Å². The molecule has 7 heteroatoms. The molecule has 0 aliphatic heterocycles. The summed E-state index contributed by atoms with van der Waals surface area (Å²) in [5.41, 5.74) is 1.58. The van der Waals surface area contributed by atoms with Crippen molar-refractivity contribution in [3.8, 4) is 0 Å². The van der Waals surface area contributed by atoms with Gasteiger partial charge in [-0.1, -0.05) is 52.5 Å². The van der Waals surface area contributed by atoms with Gasteiger partial charge in [-0.05, 0) is 43.3 Å². The van der Waals surface area contributed by atoms with Crippen molar-refractivity contribution in [1.29, 1.82) is 0 Å². The van der Waals surface area contributed by atoms with Crippen LogP contribution in [0.4, 0.5) is 10.5 Å². The highest BCUT2D eigenvalue weighted by molar-refractivity contribution is 7.99. The van der Waals surface area contributed by atoms with Gasteiger partial charge < -0.3 is 20.3 Å². The van der Waals surface area contributed by atoms with Crippen LogP contribution in [0, 0.1) is 0 Å². The minimum absolute atomic E-state index is 0.199. The second kappa shape index (κ2) is 16.7. The number of esters is 1. The summed E-state index contributed by atoms with van der Waals surface area (Å²) in [7, 11) is 1.35. The molecule has 2 N–H and O–H groups in total. The third-order valence-corrected chi connectivity index (χ3v) is 6.04. The lowest BCUT2D eigenvalue weighted by Gasteiger charge is -2.18. The fourth-order valence-electron chi connectivity index (χ4n) is 3.03. The van der Waals surface area contributed by atoms with Crippen molar-refractivity contribution in [3.05, 3.63) is 29.8 Å². The zero-order valence-electron chi connectivity index (χ0n) is 19.5. The Morgan fingerprint density at radius 1 is 1.10 bits per heavy atom. The molecular weight excluding hydrogens is 410 g/mol. The van der Waals surface area contributed by atoms with E-state index in [0.717, 1.165) is 54.4 Å². The Kier molecular flexibility index (Phi) is 14.5. The highest BCUT2D eigenvalue weighted by Gasteiger charge is 2.09. The van der Waals surface area contributed by atoms with Crippen LogP contribution in [-0.2, 0) is 9.53 Å². The number of methoxy groups -OCH3 is 1. The molecule has 0 bridgehead atoms. The van der Waals surface area contributed by atoms with Gasteiger partial charge in [0.25, 0.3) is 0 Å². The number of nitrogens with one attached hydrogen (secondary N) is 2. The number of nitrogens with zero attached hydrogens (tertiary/aromatic N) is 1. The molecule has 0 atom stereocenters. The first-order valence-electron chi connectivity index (χ1n) is 11.3. The SMILES string of the molecule is CCCCCCCNC(=O)Nc1cc(/C=C/C(=O)OC)ccc1SCCN(CC)CC. The van der Waals surface area contributed by atoms with Crippen LogP contribution in [0.1, 0.15) is 58.4 Å². The van der Waals surface area contributed by atoms with E-state index in [2.05, 4.69) is 41.0 Å². The van der Waals surface area contributed by atoms with E-state index in [-0.39, 0.29) is 6.03 Å². The van der Waals surface area contributed by atoms with Crippen molar-refractivity contribution in [2.24, 2.45) is 0 Å². The van der Waals surface area contributed by atoms with Crippen LogP contribution in [0.3, 0.4) is 0 Å². The van der Waals surface area contributed by atoms with Crippen LogP contribution in [0.2, 0.25) is 0 Å². The Hall–Kier alpha value is -1.99. The van der Waals surface area contributed by atoms with Gasteiger partial charge in [0.15, 0.2) is 0 Å². The largest absolute Gasteiger partial charge is 0.466 e. The van der Waals surface area contributed by atoms with Crippen LogP contribution in [-0.4, -0.2) is 55.9 Å². The van der Waals surface area contributed by atoms with Crippen molar-refractivity contribution < 1.29 is 14.3 Å². The summed E-state index contributed by atoms with van der Waals surface area (Å²) in [4.78, 5) is 27.2. The van der Waals surface area contributed by atoms with Gasteiger partial charge in [-0.15, -0.1) is 11.8 Å². The Morgan fingerprint density at radius 2 is 1.84 bits per heavy atom. The highest BCUT2D eigenvalue weighted by Crippen LogP contribution is 2.29. The first kappa shape index (κ1) is 27.0. The van der Waals surface area contributed by atoms with Crippen LogP contribution in [0.25, 0.3) is 6.08 Å². The van der Waals surface area contributed by atoms with E-state index in [9.17, 15) is 9.59 Å². The number of rotatable bonds is 15. The van der Waals surface area contributed by atoms with Gasteiger partial charge in [0.05, 0.1) is 12.8 Å². The summed E-state index contributed by atoms with van der Waals surface area (Å²) in [5, 5.41) is 5.93. The standard InChI is InChI=1S/C24H39N3O3S/c1-5-8-9-10-11-16-25-24(29)26-21-19-20(13-15-23(28)30-4)12-14-22(21)31-18-17-27(6-2)7-3/h12-15,19H,5-11,16-18H2,1-4H3,(H2,25,26,29)/b15-13+. The lowest BCUT2D eigenvalue weighted by molar-refractivity contribution is -0.134. The van der Waals surface area contributed by atoms with Gasteiger partial charge in [0.2, 0.25) is 0 Å². The van der Waals surface area contributed by atoms with Gasteiger partial charge >= 0.3 is 12.0 Å². The van der Waals surface area contributed by atoms with Crippen LogP contribution < -0.4 is 10.6 Å². The van der Waals surface area contributed by atoms with Gasteiger partial charge in [0.1, 0.15) is 0 Å². The lowest BCUT2D eigenvalue weighted by Crippen LogP contribution is -2.29. The number of carbonyl (C=O) groups excluding carboxylic acids is 2. The quantitative estimate of drug-likeness (QED) is 0.162. The highest BCUT2D eigenvalue weighted by atomic mass is 32.2. The molecule has 2 amide bonds. The van der Waals surface area contributed by atoms with E-state index in [4.69, 9.17) is 0 Å². The predicted molar refractivity (Wildman–Crippen MR) is 132 cm³/mol. The zero-order valence-corrected chi connectivity index (χ0v) is 20.4. The molecular formula is C24H39N3O3S. The summed E-state index contributed by atoms with van der Waals surface area (Å²) in [6.07, 6.45) is 8.85. The summed E-state index contributed by atoms with van der Waals surface area (Å²) >= 11 is 1.72. The van der Waals surface area contributed by atoms with Crippen molar-refractivity contribution >= 4 is 35.5 Å². The number of amides is 2. The number of benzene rings is 1. The summed E-state index contributed by atoms with van der Waals surface area (Å²) in [5.74, 6) is 0.528. The second-order valence-corrected chi connectivity index (χ2v) is 8.42. The Balaban J connectivity index is 2.76. The van der Waals surface area contributed by atoms with Crippen molar-refractivity contribution in [2.45, 2.75) is 57.8 Å². The predicted octanol–water partition coefficient (Wildman–Crippen LogP) is 5.40. The lowest BCUT2D eigenvalue weighted by atomic mass is 10.1. The van der Waals surface area contributed by atoms with Crippen molar-refractivity contribution in [1.82, 2.24) is 10.2 Å². The number of ether oxygens (including phenoxy) is 1. The molecule has 0 unspecified atom stereocenters. The second-order valence-electron chi connectivity index (χ2n) is 7.28. The van der Waals surface area contributed by atoms with Crippen LogP contribution in [0.15, 0.2) is 29.2 Å². The minimum atomic E-state index is -0.409. The molecule has 1 aromatic rings. The van der Waals surface area contributed by atoms with Crippen molar-refractivity contribution in [2.75, 3.05) is 44.4 Å². The molecule has 0 saturated carbocycles.